The Morgan fingerprint density at radius 1 is 1.62 bits per heavy atom. The number of ether oxygens (including phenoxy) is 1. The van der Waals surface area contributed by atoms with Crippen LogP contribution >= 0.6 is 15.9 Å². The monoisotopic (exact) mass is 285 g/mol. The normalized spacial score (nSPS) is 11.3. The van der Waals surface area contributed by atoms with Gasteiger partial charge in [0, 0.05) is 18.3 Å². The Kier molecular flexibility index (Phi) is 4.49. The van der Waals surface area contributed by atoms with Crippen molar-refractivity contribution in [1.82, 2.24) is 4.57 Å². The number of halogens is 1. The van der Waals surface area contributed by atoms with Crippen LogP contribution in [0.4, 0.5) is 0 Å². The van der Waals surface area contributed by atoms with E-state index in [0.717, 1.165) is 0 Å². The SMILES string of the molecule is COC(=O)/C(C)=C/Cn1cccc(Br)c1=O. The summed E-state index contributed by atoms with van der Waals surface area (Å²) in [5, 5.41) is 0. The minimum atomic E-state index is -0.386. The van der Waals surface area contributed by atoms with Crippen LogP contribution in [0.25, 0.3) is 0 Å². The second kappa shape index (κ2) is 5.65. The lowest BCUT2D eigenvalue weighted by molar-refractivity contribution is -0.136. The van der Waals surface area contributed by atoms with Gasteiger partial charge in [0.1, 0.15) is 0 Å². The molecular weight excluding hydrogens is 274 g/mol. The molecule has 0 aliphatic rings. The van der Waals surface area contributed by atoms with Gasteiger partial charge in [-0.15, -0.1) is 0 Å². The van der Waals surface area contributed by atoms with Crippen LogP contribution in [0.5, 0.6) is 0 Å². The quantitative estimate of drug-likeness (QED) is 0.628. The lowest BCUT2D eigenvalue weighted by Crippen LogP contribution is -2.19. The maximum atomic E-state index is 11.6. The van der Waals surface area contributed by atoms with Gasteiger partial charge in [-0.3, -0.25) is 4.79 Å². The van der Waals surface area contributed by atoms with E-state index in [-0.39, 0.29) is 11.5 Å². The van der Waals surface area contributed by atoms with E-state index in [2.05, 4.69) is 20.7 Å². The third kappa shape index (κ3) is 3.06. The molecule has 0 aliphatic heterocycles. The fourth-order valence-electron chi connectivity index (χ4n) is 1.13. The summed E-state index contributed by atoms with van der Waals surface area (Å²) in [6, 6.07) is 3.43. The predicted molar refractivity (Wildman–Crippen MR) is 64.2 cm³/mol. The molecule has 4 nitrogen and oxygen atoms in total. The molecule has 0 bridgehead atoms. The first-order valence-corrected chi connectivity index (χ1v) is 5.45. The van der Waals surface area contributed by atoms with Crippen molar-refractivity contribution in [3.63, 3.8) is 0 Å². The summed E-state index contributed by atoms with van der Waals surface area (Å²) < 4.78 is 6.55. The van der Waals surface area contributed by atoms with Crippen LogP contribution in [0.15, 0.2) is 39.2 Å². The van der Waals surface area contributed by atoms with Crippen molar-refractivity contribution < 1.29 is 9.53 Å². The van der Waals surface area contributed by atoms with E-state index in [1.54, 1.807) is 31.3 Å². The average Bonchev–Trinajstić information content (AvgIpc) is 2.29. The second-order valence-electron chi connectivity index (χ2n) is 3.19. The number of carbonyl (C=O) groups is 1. The number of hydrogen-bond acceptors (Lipinski definition) is 3. The Morgan fingerprint density at radius 2 is 2.31 bits per heavy atom. The highest BCUT2D eigenvalue weighted by Gasteiger charge is 2.03. The number of methoxy groups -OCH3 is 1. The topological polar surface area (TPSA) is 48.3 Å². The molecule has 0 N–H and O–H groups in total. The van der Waals surface area contributed by atoms with Crippen molar-refractivity contribution in [2.45, 2.75) is 13.5 Å². The van der Waals surface area contributed by atoms with Gasteiger partial charge >= 0.3 is 5.97 Å². The lowest BCUT2D eigenvalue weighted by atomic mass is 10.3. The molecule has 0 aliphatic carbocycles. The summed E-state index contributed by atoms with van der Waals surface area (Å²) in [4.78, 5) is 22.7. The number of rotatable bonds is 3. The molecular formula is C11H12BrNO3. The Bertz CT molecular complexity index is 476. The zero-order valence-corrected chi connectivity index (χ0v) is 10.7. The molecule has 16 heavy (non-hydrogen) atoms. The maximum absolute atomic E-state index is 11.6. The molecule has 0 radical (unpaired) electrons. The molecule has 1 aromatic rings. The highest BCUT2D eigenvalue weighted by molar-refractivity contribution is 9.10. The number of hydrogen-bond donors (Lipinski definition) is 0. The smallest absolute Gasteiger partial charge is 0.333 e. The number of nitrogens with zero attached hydrogens (tertiary/aromatic N) is 1. The van der Waals surface area contributed by atoms with Crippen LogP contribution in [0, 0.1) is 0 Å². The van der Waals surface area contributed by atoms with Gasteiger partial charge in [-0.2, -0.15) is 0 Å². The standard InChI is InChI=1S/C11H12BrNO3/c1-8(11(15)16-2)5-7-13-6-3-4-9(12)10(13)14/h3-6H,7H2,1-2H3/b8-5+. The molecule has 0 atom stereocenters. The third-order valence-corrected chi connectivity index (χ3v) is 2.68. The molecule has 0 saturated carbocycles. The summed E-state index contributed by atoms with van der Waals surface area (Å²) in [5.41, 5.74) is 0.353. The maximum Gasteiger partial charge on any atom is 0.333 e. The van der Waals surface area contributed by atoms with Crippen molar-refractivity contribution in [1.29, 1.82) is 0 Å². The zero-order valence-electron chi connectivity index (χ0n) is 9.07. The average molecular weight is 286 g/mol. The molecule has 0 unspecified atom stereocenters. The van der Waals surface area contributed by atoms with Gasteiger partial charge < -0.3 is 9.30 Å². The second-order valence-corrected chi connectivity index (χ2v) is 4.05. The Hall–Kier alpha value is -1.36. The largest absolute Gasteiger partial charge is 0.466 e. The van der Waals surface area contributed by atoms with Crippen LogP contribution in [0.2, 0.25) is 0 Å². The van der Waals surface area contributed by atoms with Crippen molar-refractivity contribution in [3.05, 3.63) is 44.8 Å². The highest BCUT2D eigenvalue weighted by Crippen LogP contribution is 2.02. The predicted octanol–water partition coefficient (Wildman–Crippen LogP) is 1.73. The number of carbonyl (C=O) groups excluding carboxylic acids is 1. The highest BCUT2D eigenvalue weighted by atomic mass is 79.9. The summed E-state index contributed by atoms with van der Waals surface area (Å²) in [6.07, 6.45) is 3.31. The molecule has 5 heteroatoms. The summed E-state index contributed by atoms with van der Waals surface area (Å²) >= 11 is 3.15. The Labute approximate surface area is 102 Å². The van der Waals surface area contributed by atoms with Gasteiger partial charge in [0.05, 0.1) is 11.6 Å². The van der Waals surface area contributed by atoms with Crippen molar-refractivity contribution in [2.75, 3.05) is 7.11 Å². The Balaban J connectivity index is 2.87. The molecule has 0 fully saturated rings. The van der Waals surface area contributed by atoms with E-state index in [1.807, 2.05) is 0 Å². The van der Waals surface area contributed by atoms with Gasteiger partial charge in [-0.05, 0) is 35.0 Å². The third-order valence-electron chi connectivity index (χ3n) is 2.08. The number of allylic oxidation sites excluding steroid dienone is 1. The zero-order chi connectivity index (χ0) is 12.1. The number of aromatic nitrogens is 1. The van der Waals surface area contributed by atoms with E-state index >= 15 is 0 Å². The first-order valence-electron chi connectivity index (χ1n) is 4.66. The van der Waals surface area contributed by atoms with E-state index in [1.165, 1.54) is 11.7 Å². The molecule has 0 aromatic carbocycles. The van der Waals surface area contributed by atoms with E-state index in [0.29, 0.717) is 16.6 Å². The van der Waals surface area contributed by atoms with Crippen molar-refractivity contribution >= 4 is 21.9 Å². The van der Waals surface area contributed by atoms with Crippen molar-refractivity contribution in [2.24, 2.45) is 0 Å². The molecule has 0 saturated heterocycles. The van der Waals surface area contributed by atoms with Crippen LogP contribution in [0.1, 0.15) is 6.92 Å². The molecule has 0 amide bonds. The van der Waals surface area contributed by atoms with Crippen LogP contribution < -0.4 is 5.56 Å². The van der Waals surface area contributed by atoms with Crippen LogP contribution in [-0.2, 0) is 16.1 Å². The first-order chi connectivity index (χ1) is 7.56. The summed E-state index contributed by atoms with van der Waals surface area (Å²) in [6.45, 7) is 1.99. The number of esters is 1. The van der Waals surface area contributed by atoms with E-state index < -0.39 is 0 Å². The van der Waals surface area contributed by atoms with Crippen molar-refractivity contribution in [3.8, 4) is 0 Å². The molecule has 1 rings (SSSR count). The minimum Gasteiger partial charge on any atom is -0.466 e. The van der Waals surface area contributed by atoms with E-state index in [4.69, 9.17) is 0 Å². The fourth-order valence-corrected chi connectivity index (χ4v) is 1.51. The van der Waals surface area contributed by atoms with Crippen LogP contribution in [0.3, 0.4) is 0 Å². The lowest BCUT2D eigenvalue weighted by Gasteiger charge is -2.03. The summed E-state index contributed by atoms with van der Waals surface area (Å²) in [7, 11) is 1.32. The minimum absolute atomic E-state index is 0.128. The summed E-state index contributed by atoms with van der Waals surface area (Å²) in [5.74, 6) is -0.386. The van der Waals surface area contributed by atoms with E-state index in [9.17, 15) is 9.59 Å². The van der Waals surface area contributed by atoms with Gasteiger partial charge in [0.25, 0.3) is 5.56 Å². The van der Waals surface area contributed by atoms with Gasteiger partial charge in [0.15, 0.2) is 0 Å². The molecule has 86 valence electrons. The first kappa shape index (κ1) is 12.7. The molecule has 0 spiro atoms. The van der Waals surface area contributed by atoms with Gasteiger partial charge in [-0.25, -0.2) is 4.79 Å². The van der Waals surface area contributed by atoms with Crippen LogP contribution in [-0.4, -0.2) is 17.6 Å². The Morgan fingerprint density at radius 3 is 2.94 bits per heavy atom. The van der Waals surface area contributed by atoms with Gasteiger partial charge in [0.2, 0.25) is 0 Å². The fraction of sp³-hybridized carbons (Fsp3) is 0.273. The molecule has 1 heterocycles. The molecule has 1 aromatic heterocycles. The number of pyridine rings is 1. The van der Waals surface area contributed by atoms with Gasteiger partial charge in [-0.1, -0.05) is 6.08 Å².